The number of hydrogen-bond donors (Lipinski definition) is 1. The van der Waals surface area contributed by atoms with E-state index in [1.165, 1.54) is 23.1 Å². The van der Waals surface area contributed by atoms with E-state index < -0.39 is 0 Å². The van der Waals surface area contributed by atoms with Gasteiger partial charge in [-0.25, -0.2) is 4.98 Å². The number of nitrogens with zero attached hydrogens (tertiary/aromatic N) is 2. The van der Waals surface area contributed by atoms with Gasteiger partial charge in [0.15, 0.2) is 5.16 Å². The number of thioether (sulfide) groups is 1. The molecule has 3 aromatic heterocycles. The van der Waals surface area contributed by atoms with Crippen molar-refractivity contribution in [3.05, 3.63) is 75.7 Å². The predicted octanol–water partition coefficient (Wildman–Crippen LogP) is 5.41. The number of carbonyl (C=O) groups excluding carboxylic acids is 1. The van der Waals surface area contributed by atoms with Gasteiger partial charge in [0.2, 0.25) is 5.91 Å². The highest BCUT2D eigenvalue weighted by atomic mass is 32.2. The number of nitrogens with one attached hydrogen (secondary N) is 1. The Morgan fingerprint density at radius 3 is 2.83 bits per heavy atom. The number of thiophene rings is 2. The normalized spacial score (nSPS) is 11.0. The van der Waals surface area contributed by atoms with Crippen LogP contribution in [0.25, 0.3) is 20.7 Å². The molecule has 4 rings (SSSR count). The molecule has 1 aromatic carbocycles. The van der Waals surface area contributed by atoms with E-state index in [4.69, 9.17) is 4.98 Å². The van der Waals surface area contributed by atoms with Gasteiger partial charge < -0.3 is 5.32 Å². The van der Waals surface area contributed by atoms with Gasteiger partial charge in [0.05, 0.1) is 11.1 Å². The first-order valence-corrected chi connectivity index (χ1v) is 12.0. The lowest BCUT2D eigenvalue weighted by atomic mass is 10.2. The van der Waals surface area contributed by atoms with Crippen LogP contribution in [-0.4, -0.2) is 21.2 Å². The summed E-state index contributed by atoms with van der Waals surface area (Å²) in [5.74, 6) is 0.0197. The number of benzene rings is 1. The van der Waals surface area contributed by atoms with Crippen molar-refractivity contribution in [2.24, 2.45) is 0 Å². The molecule has 0 unspecified atom stereocenters. The monoisotopic (exact) mass is 453 g/mol. The Morgan fingerprint density at radius 2 is 2.10 bits per heavy atom. The van der Waals surface area contributed by atoms with Gasteiger partial charge in [-0.1, -0.05) is 42.1 Å². The predicted molar refractivity (Wildman–Crippen MR) is 128 cm³/mol. The van der Waals surface area contributed by atoms with Gasteiger partial charge in [0, 0.05) is 28.1 Å². The first-order valence-electron chi connectivity index (χ1n) is 9.23. The molecule has 3 heterocycles. The molecule has 0 aliphatic rings. The minimum absolute atomic E-state index is 0.105. The summed E-state index contributed by atoms with van der Waals surface area (Å²) in [4.78, 5) is 32.2. The van der Waals surface area contributed by atoms with Gasteiger partial charge in [-0.3, -0.25) is 14.2 Å². The molecule has 8 heteroatoms. The number of rotatable bonds is 7. The summed E-state index contributed by atoms with van der Waals surface area (Å²) in [6.07, 6.45) is 1.67. The largest absolute Gasteiger partial charge is 0.325 e. The summed E-state index contributed by atoms with van der Waals surface area (Å²) in [7, 11) is 0. The van der Waals surface area contributed by atoms with Gasteiger partial charge in [-0.05, 0) is 30.0 Å². The lowest BCUT2D eigenvalue weighted by Crippen LogP contribution is -2.23. The molecule has 152 valence electrons. The third kappa shape index (κ3) is 4.12. The Labute approximate surface area is 186 Å². The Kier molecular flexibility index (Phi) is 6.17. The third-order valence-corrected chi connectivity index (χ3v) is 7.26. The van der Waals surface area contributed by atoms with Crippen LogP contribution in [0.15, 0.2) is 69.8 Å². The molecular formula is C22H19N3O2S3. The molecule has 0 saturated heterocycles. The second kappa shape index (κ2) is 8.99. The van der Waals surface area contributed by atoms with Crippen LogP contribution in [0.4, 0.5) is 5.69 Å². The summed E-state index contributed by atoms with van der Waals surface area (Å²) in [6, 6.07) is 11.6. The van der Waals surface area contributed by atoms with E-state index in [2.05, 4.69) is 11.9 Å². The average molecular weight is 454 g/mol. The first kappa shape index (κ1) is 20.6. The smallest absolute Gasteiger partial charge is 0.263 e. The van der Waals surface area contributed by atoms with E-state index in [9.17, 15) is 9.59 Å². The molecule has 0 bridgehead atoms. The fourth-order valence-electron chi connectivity index (χ4n) is 3.05. The SMILES string of the molecule is C=CCn1c(SCC(=O)Nc2ccccc2C)nc2scc(-c3cccs3)c2c1=O. The molecule has 0 saturated carbocycles. The van der Waals surface area contributed by atoms with Gasteiger partial charge in [0.25, 0.3) is 5.56 Å². The van der Waals surface area contributed by atoms with Crippen molar-refractivity contribution in [3.63, 3.8) is 0 Å². The summed E-state index contributed by atoms with van der Waals surface area (Å²) in [5, 5.41) is 8.03. The second-order valence-corrected chi connectivity index (χ2v) is 9.31. The third-order valence-electron chi connectivity index (χ3n) is 4.51. The number of amides is 1. The molecule has 0 fully saturated rings. The van der Waals surface area contributed by atoms with E-state index in [1.807, 2.05) is 54.1 Å². The number of anilines is 1. The van der Waals surface area contributed by atoms with Crippen LogP contribution in [0.3, 0.4) is 0 Å². The van der Waals surface area contributed by atoms with Crippen LogP contribution in [-0.2, 0) is 11.3 Å². The molecule has 0 aliphatic carbocycles. The zero-order valence-electron chi connectivity index (χ0n) is 16.3. The maximum atomic E-state index is 13.3. The van der Waals surface area contributed by atoms with E-state index in [1.54, 1.807) is 22.0 Å². The number of fused-ring (bicyclic) bond motifs is 1. The van der Waals surface area contributed by atoms with Crippen molar-refractivity contribution in [1.82, 2.24) is 9.55 Å². The summed E-state index contributed by atoms with van der Waals surface area (Å²) < 4.78 is 1.59. The van der Waals surface area contributed by atoms with Gasteiger partial charge in [-0.2, -0.15) is 0 Å². The molecule has 0 spiro atoms. The van der Waals surface area contributed by atoms with Crippen LogP contribution < -0.4 is 10.9 Å². The summed E-state index contributed by atoms with van der Waals surface area (Å²) >= 11 is 4.30. The highest BCUT2D eigenvalue weighted by Crippen LogP contribution is 2.34. The van der Waals surface area contributed by atoms with Gasteiger partial charge in [-0.15, -0.1) is 29.3 Å². The van der Waals surface area contributed by atoms with Crippen LogP contribution in [0.5, 0.6) is 0 Å². The lowest BCUT2D eigenvalue weighted by molar-refractivity contribution is -0.113. The van der Waals surface area contributed by atoms with Crippen LogP contribution >= 0.6 is 34.4 Å². The van der Waals surface area contributed by atoms with Crippen molar-refractivity contribution in [2.45, 2.75) is 18.6 Å². The van der Waals surface area contributed by atoms with Crippen LogP contribution in [0.1, 0.15) is 5.56 Å². The standard InChI is InChI=1S/C22H19N3O2S3/c1-3-10-25-21(27)19-15(17-9-6-11-28-17)12-29-20(19)24-22(25)30-13-18(26)23-16-8-5-4-7-14(16)2/h3-9,11-12H,1,10,13H2,2H3,(H,23,26). The Hall–Kier alpha value is -2.68. The number of carbonyl (C=O) groups is 1. The van der Waals surface area contributed by atoms with E-state index >= 15 is 0 Å². The van der Waals surface area contributed by atoms with Crippen molar-refractivity contribution < 1.29 is 4.79 Å². The highest BCUT2D eigenvalue weighted by molar-refractivity contribution is 7.99. The number of hydrogen-bond acceptors (Lipinski definition) is 6. The fourth-order valence-corrected chi connectivity index (χ4v) is 5.66. The molecule has 0 radical (unpaired) electrons. The molecule has 30 heavy (non-hydrogen) atoms. The zero-order valence-corrected chi connectivity index (χ0v) is 18.7. The van der Waals surface area contributed by atoms with E-state index in [-0.39, 0.29) is 17.2 Å². The molecular weight excluding hydrogens is 434 g/mol. The van der Waals surface area contributed by atoms with Crippen molar-refractivity contribution >= 4 is 56.2 Å². The number of allylic oxidation sites excluding steroid dienone is 1. The van der Waals surface area contributed by atoms with Gasteiger partial charge >= 0.3 is 0 Å². The summed E-state index contributed by atoms with van der Waals surface area (Å²) in [6.45, 7) is 6.05. The van der Waals surface area contributed by atoms with Crippen molar-refractivity contribution in [2.75, 3.05) is 11.1 Å². The average Bonchev–Trinajstić information content (AvgIpc) is 3.40. The van der Waals surface area contributed by atoms with Crippen LogP contribution in [0, 0.1) is 6.92 Å². The molecule has 1 N–H and O–H groups in total. The maximum Gasteiger partial charge on any atom is 0.263 e. The highest BCUT2D eigenvalue weighted by Gasteiger charge is 2.18. The van der Waals surface area contributed by atoms with E-state index in [0.29, 0.717) is 21.9 Å². The Balaban J connectivity index is 1.63. The number of para-hydroxylation sites is 1. The number of aromatic nitrogens is 2. The Morgan fingerprint density at radius 1 is 1.27 bits per heavy atom. The Bertz CT molecular complexity index is 1270. The topological polar surface area (TPSA) is 64.0 Å². The molecule has 5 nitrogen and oxygen atoms in total. The molecule has 1 amide bonds. The molecule has 4 aromatic rings. The van der Waals surface area contributed by atoms with Crippen molar-refractivity contribution in [3.8, 4) is 10.4 Å². The quantitative estimate of drug-likeness (QED) is 0.231. The fraction of sp³-hybridized carbons (Fsp3) is 0.136. The first-order chi connectivity index (χ1) is 14.6. The number of aryl methyl sites for hydroxylation is 1. The molecule has 0 aliphatic heterocycles. The second-order valence-electron chi connectivity index (χ2n) is 6.56. The molecule has 0 atom stereocenters. The maximum absolute atomic E-state index is 13.3. The van der Waals surface area contributed by atoms with Crippen LogP contribution in [0.2, 0.25) is 0 Å². The van der Waals surface area contributed by atoms with E-state index in [0.717, 1.165) is 21.7 Å². The van der Waals surface area contributed by atoms with Gasteiger partial charge in [0.1, 0.15) is 4.83 Å². The minimum Gasteiger partial charge on any atom is -0.325 e. The lowest BCUT2D eigenvalue weighted by Gasteiger charge is -2.11. The minimum atomic E-state index is -0.140. The summed E-state index contributed by atoms with van der Waals surface area (Å²) in [5.41, 5.74) is 2.59. The van der Waals surface area contributed by atoms with Crippen molar-refractivity contribution in [1.29, 1.82) is 0 Å². The zero-order chi connectivity index (χ0) is 21.1.